The van der Waals surface area contributed by atoms with Crippen LogP contribution in [-0.4, -0.2) is 20.9 Å². The van der Waals surface area contributed by atoms with Gasteiger partial charge in [0.2, 0.25) is 11.9 Å². The topological polar surface area (TPSA) is 93.8 Å². The maximum atomic E-state index is 13.4. The molecule has 26 heavy (non-hydrogen) atoms. The summed E-state index contributed by atoms with van der Waals surface area (Å²) in [6, 6.07) is 12.5. The molecule has 3 rings (SSSR count). The molecule has 0 aliphatic heterocycles. The van der Waals surface area contributed by atoms with Crippen molar-refractivity contribution in [3.63, 3.8) is 0 Å². The molecule has 8 heteroatoms. The molecule has 0 unspecified atom stereocenters. The number of primary amides is 1. The molecule has 0 saturated heterocycles. The second-order valence-corrected chi connectivity index (χ2v) is 6.00. The third kappa shape index (κ3) is 4.52. The van der Waals surface area contributed by atoms with E-state index in [2.05, 4.69) is 20.3 Å². The molecule has 3 N–H and O–H groups in total. The number of halogens is 2. The smallest absolute Gasteiger partial charge is 0.226 e. The molecular formula is C18H15ClFN5O. The summed E-state index contributed by atoms with van der Waals surface area (Å²) in [6.07, 6.45) is 1.34. The number of carbonyl (C=O) groups excluding carboxylic acids is 1. The third-order valence-corrected chi connectivity index (χ3v) is 3.85. The third-order valence-electron chi connectivity index (χ3n) is 3.61. The summed E-state index contributed by atoms with van der Waals surface area (Å²) in [5.41, 5.74) is 6.64. The molecule has 0 spiro atoms. The maximum absolute atomic E-state index is 13.4. The highest BCUT2D eigenvalue weighted by Gasteiger charge is 2.17. The van der Waals surface area contributed by atoms with Crippen molar-refractivity contribution >= 4 is 23.5 Å². The number of benzene rings is 2. The summed E-state index contributed by atoms with van der Waals surface area (Å²) >= 11 is 6.03. The van der Waals surface area contributed by atoms with E-state index in [1.54, 1.807) is 30.3 Å². The molecule has 1 aromatic heterocycles. The first-order valence-electron chi connectivity index (χ1n) is 7.76. The molecule has 0 radical (unpaired) electrons. The number of nitrogens with one attached hydrogen (secondary N) is 1. The second-order valence-electron chi connectivity index (χ2n) is 5.57. The van der Waals surface area contributed by atoms with Crippen molar-refractivity contribution in [3.05, 3.63) is 71.3 Å². The van der Waals surface area contributed by atoms with Crippen LogP contribution in [0, 0.1) is 5.82 Å². The Balaban J connectivity index is 1.89. The molecule has 1 atom stereocenters. The van der Waals surface area contributed by atoms with Gasteiger partial charge >= 0.3 is 0 Å². The molecule has 3 aromatic rings. The van der Waals surface area contributed by atoms with Gasteiger partial charge in [0.1, 0.15) is 12.1 Å². The zero-order chi connectivity index (χ0) is 18.5. The predicted molar refractivity (Wildman–Crippen MR) is 96.8 cm³/mol. The largest absolute Gasteiger partial charge is 0.370 e. The van der Waals surface area contributed by atoms with E-state index in [1.165, 1.54) is 18.5 Å². The summed E-state index contributed by atoms with van der Waals surface area (Å²) < 4.78 is 13.4. The van der Waals surface area contributed by atoms with Crippen molar-refractivity contribution in [2.24, 2.45) is 5.73 Å². The lowest BCUT2D eigenvalue weighted by molar-refractivity contribution is -0.118. The van der Waals surface area contributed by atoms with Gasteiger partial charge in [0.25, 0.3) is 0 Å². The lowest BCUT2D eigenvalue weighted by Crippen LogP contribution is -2.21. The summed E-state index contributed by atoms with van der Waals surface area (Å²) in [7, 11) is 0. The average Bonchev–Trinajstić information content (AvgIpc) is 2.61. The Labute approximate surface area is 154 Å². The number of anilines is 1. The molecular weight excluding hydrogens is 357 g/mol. The molecule has 0 bridgehead atoms. The number of nitrogens with zero attached hydrogens (tertiary/aromatic N) is 3. The molecule has 6 nitrogen and oxygen atoms in total. The van der Waals surface area contributed by atoms with Gasteiger partial charge in [-0.3, -0.25) is 4.79 Å². The number of amides is 1. The fraction of sp³-hybridized carbons (Fsp3) is 0.111. The predicted octanol–water partition coefficient (Wildman–Crippen LogP) is 3.36. The van der Waals surface area contributed by atoms with E-state index < -0.39 is 11.9 Å². The highest BCUT2D eigenvalue weighted by molar-refractivity contribution is 6.30. The number of carbonyl (C=O) groups is 1. The van der Waals surface area contributed by atoms with Crippen LogP contribution in [0.3, 0.4) is 0 Å². The van der Waals surface area contributed by atoms with Crippen molar-refractivity contribution in [2.45, 2.75) is 12.5 Å². The van der Waals surface area contributed by atoms with Crippen LogP contribution in [-0.2, 0) is 4.79 Å². The lowest BCUT2D eigenvalue weighted by atomic mass is 10.0. The Morgan fingerprint density at radius 1 is 1.19 bits per heavy atom. The molecule has 0 aliphatic rings. The van der Waals surface area contributed by atoms with Crippen molar-refractivity contribution in [1.29, 1.82) is 0 Å². The Hall–Kier alpha value is -3.06. The SMILES string of the molecule is NC(=O)C[C@@H](Nc1ncnc(-c2cccc(F)c2)n1)c1cccc(Cl)c1. The summed E-state index contributed by atoms with van der Waals surface area (Å²) in [5, 5.41) is 3.60. The first-order chi connectivity index (χ1) is 12.5. The number of hydrogen-bond acceptors (Lipinski definition) is 5. The van der Waals surface area contributed by atoms with Gasteiger partial charge in [-0.15, -0.1) is 0 Å². The molecule has 1 amide bonds. The fourth-order valence-electron chi connectivity index (χ4n) is 2.47. The summed E-state index contributed by atoms with van der Waals surface area (Å²) in [6.45, 7) is 0. The van der Waals surface area contributed by atoms with E-state index in [-0.39, 0.29) is 18.2 Å². The molecule has 0 fully saturated rings. The van der Waals surface area contributed by atoms with Crippen molar-refractivity contribution in [2.75, 3.05) is 5.32 Å². The van der Waals surface area contributed by atoms with Crippen LogP contribution in [0.4, 0.5) is 10.3 Å². The normalized spacial score (nSPS) is 11.8. The Morgan fingerprint density at radius 3 is 2.73 bits per heavy atom. The monoisotopic (exact) mass is 371 g/mol. The first kappa shape index (κ1) is 17.8. The van der Waals surface area contributed by atoms with Gasteiger partial charge in [0, 0.05) is 10.6 Å². The molecule has 0 saturated carbocycles. The summed E-state index contributed by atoms with van der Waals surface area (Å²) in [5.74, 6) is -0.318. The Kier molecular flexibility index (Phi) is 5.38. The van der Waals surface area contributed by atoms with Crippen LogP contribution < -0.4 is 11.1 Å². The molecule has 132 valence electrons. The highest BCUT2D eigenvalue weighted by Crippen LogP contribution is 2.24. The molecule has 1 heterocycles. The average molecular weight is 372 g/mol. The van der Waals surface area contributed by atoms with Gasteiger partial charge in [0.15, 0.2) is 5.82 Å². The van der Waals surface area contributed by atoms with Crippen molar-refractivity contribution < 1.29 is 9.18 Å². The van der Waals surface area contributed by atoms with E-state index in [0.717, 1.165) is 5.56 Å². The van der Waals surface area contributed by atoms with Gasteiger partial charge in [-0.05, 0) is 29.8 Å². The summed E-state index contributed by atoms with van der Waals surface area (Å²) in [4.78, 5) is 23.9. The van der Waals surface area contributed by atoms with E-state index in [1.807, 2.05) is 6.07 Å². The first-order valence-corrected chi connectivity index (χ1v) is 8.14. The number of hydrogen-bond donors (Lipinski definition) is 2. The van der Waals surface area contributed by atoms with Crippen LogP contribution in [0.25, 0.3) is 11.4 Å². The van der Waals surface area contributed by atoms with Gasteiger partial charge in [-0.25, -0.2) is 14.4 Å². The van der Waals surface area contributed by atoms with Gasteiger partial charge in [0.05, 0.1) is 12.5 Å². The van der Waals surface area contributed by atoms with E-state index in [0.29, 0.717) is 16.4 Å². The van der Waals surface area contributed by atoms with E-state index in [4.69, 9.17) is 17.3 Å². The van der Waals surface area contributed by atoms with Gasteiger partial charge in [-0.1, -0.05) is 35.9 Å². The fourth-order valence-corrected chi connectivity index (χ4v) is 2.66. The minimum atomic E-state index is -0.484. The van der Waals surface area contributed by atoms with Crippen LogP contribution in [0.5, 0.6) is 0 Å². The minimum Gasteiger partial charge on any atom is -0.370 e. The van der Waals surface area contributed by atoms with Crippen LogP contribution in [0.2, 0.25) is 5.02 Å². The standard InChI is InChI=1S/C18H15ClFN5O/c19-13-5-1-3-11(7-13)15(9-16(21)26)24-18-23-10-22-17(25-18)12-4-2-6-14(20)8-12/h1-8,10,15H,9H2,(H2,21,26)(H,22,23,24,25)/t15-/m1/s1. The van der Waals surface area contributed by atoms with Crippen LogP contribution in [0.1, 0.15) is 18.0 Å². The molecule has 0 aliphatic carbocycles. The van der Waals surface area contributed by atoms with E-state index >= 15 is 0 Å². The quantitative estimate of drug-likeness (QED) is 0.693. The van der Waals surface area contributed by atoms with Crippen LogP contribution in [0.15, 0.2) is 54.9 Å². The second kappa shape index (κ2) is 7.88. The van der Waals surface area contributed by atoms with Gasteiger partial charge < -0.3 is 11.1 Å². The van der Waals surface area contributed by atoms with Crippen molar-refractivity contribution in [1.82, 2.24) is 15.0 Å². The number of rotatable bonds is 6. The van der Waals surface area contributed by atoms with Crippen molar-refractivity contribution in [3.8, 4) is 11.4 Å². The Morgan fingerprint density at radius 2 is 2.00 bits per heavy atom. The zero-order valence-corrected chi connectivity index (χ0v) is 14.3. The number of nitrogens with two attached hydrogens (primary N) is 1. The molecule has 2 aromatic carbocycles. The minimum absolute atomic E-state index is 0.0291. The van der Waals surface area contributed by atoms with Crippen LogP contribution >= 0.6 is 11.6 Å². The maximum Gasteiger partial charge on any atom is 0.226 e. The lowest BCUT2D eigenvalue weighted by Gasteiger charge is -2.18. The Bertz CT molecular complexity index is 937. The zero-order valence-electron chi connectivity index (χ0n) is 13.6. The van der Waals surface area contributed by atoms with E-state index in [9.17, 15) is 9.18 Å². The van der Waals surface area contributed by atoms with Gasteiger partial charge in [-0.2, -0.15) is 4.98 Å². The highest BCUT2D eigenvalue weighted by atomic mass is 35.5. The number of aromatic nitrogens is 3.